The molecule has 132 valence electrons. The molecular formula is C19H24N4O2. The third kappa shape index (κ3) is 3.57. The van der Waals surface area contributed by atoms with Gasteiger partial charge in [-0.3, -0.25) is 4.79 Å². The Kier molecular flexibility index (Phi) is 4.88. The molecule has 25 heavy (non-hydrogen) atoms. The van der Waals surface area contributed by atoms with Gasteiger partial charge in [0.1, 0.15) is 5.69 Å². The lowest BCUT2D eigenvalue weighted by molar-refractivity contribution is -0.129. The van der Waals surface area contributed by atoms with Crippen molar-refractivity contribution in [2.75, 3.05) is 13.6 Å². The number of hydrogen-bond donors (Lipinski definition) is 1. The molecule has 0 radical (unpaired) electrons. The number of benzene rings is 1. The molecule has 0 spiro atoms. The van der Waals surface area contributed by atoms with E-state index in [4.69, 9.17) is 4.52 Å². The molecule has 1 N–H and O–H groups in total. The monoisotopic (exact) mass is 340 g/mol. The fourth-order valence-electron chi connectivity index (χ4n) is 2.91. The average molecular weight is 340 g/mol. The average Bonchev–Trinajstić information content (AvgIpc) is 3.18. The van der Waals surface area contributed by atoms with Crippen LogP contribution < -0.4 is 0 Å². The zero-order chi connectivity index (χ0) is 18.0. The predicted molar refractivity (Wildman–Crippen MR) is 97.3 cm³/mol. The number of carbonyl (C=O) groups excluding carboxylic acids is 1. The number of nitrogens with one attached hydrogen (secondary N) is 1. The molecule has 0 aliphatic rings. The summed E-state index contributed by atoms with van der Waals surface area (Å²) < 4.78 is 5.44. The highest BCUT2D eigenvalue weighted by molar-refractivity contribution is 5.89. The highest BCUT2D eigenvalue weighted by Crippen LogP contribution is 2.29. The van der Waals surface area contributed by atoms with Crippen molar-refractivity contribution in [3.8, 4) is 11.6 Å². The highest BCUT2D eigenvalue weighted by atomic mass is 16.5. The Morgan fingerprint density at radius 2 is 2.12 bits per heavy atom. The van der Waals surface area contributed by atoms with Crippen LogP contribution in [0.1, 0.15) is 36.7 Å². The van der Waals surface area contributed by atoms with Gasteiger partial charge in [0.15, 0.2) is 5.82 Å². The maximum absolute atomic E-state index is 11.8. The fourth-order valence-corrected chi connectivity index (χ4v) is 2.91. The summed E-state index contributed by atoms with van der Waals surface area (Å²) in [5, 5.41) is 5.22. The SMILES string of the molecule is CCCC(=O)N(C)CCc1noc(-c2[nH]c3ccc(C)cc3c2C)n1. The Labute approximate surface area is 147 Å². The van der Waals surface area contributed by atoms with Crippen LogP contribution in [0.4, 0.5) is 0 Å². The molecule has 6 heteroatoms. The third-order valence-corrected chi connectivity index (χ3v) is 4.46. The van der Waals surface area contributed by atoms with E-state index < -0.39 is 0 Å². The maximum atomic E-state index is 11.8. The summed E-state index contributed by atoms with van der Waals surface area (Å²) in [5.41, 5.74) is 4.23. The first-order chi connectivity index (χ1) is 12.0. The number of likely N-dealkylation sites (N-methyl/N-ethyl adjacent to an activating group) is 1. The molecule has 0 fully saturated rings. The molecule has 0 saturated heterocycles. The topological polar surface area (TPSA) is 75.0 Å². The Bertz CT molecular complexity index is 894. The van der Waals surface area contributed by atoms with Crippen molar-refractivity contribution in [1.29, 1.82) is 0 Å². The lowest BCUT2D eigenvalue weighted by atomic mass is 10.1. The molecule has 3 aromatic rings. The largest absolute Gasteiger partial charge is 0.350 e. The van der Waals surface area contributed by atoms with E-state index in [0.717, 1.165) is 23.2 Å². The molecule has 0 aliphatic carbocycles. The smallest absolute Gasteiger partial charge is 0.274 e. The van der Waals surface area contributed by atoms with E-state index in [2.05, 4.69) is 47.2 Å². The second-order valence-electron chi connectivity index (χ2n) is 6.51. The molecule has 6 nitrogen and oxygen atoms in total. The second-order valence-corrected chi connectivity index (χ2v) is 6.51. The Balaban J connectivity index is 1.75. The van der Waals surface area contributed by atoms with Crippen molar-refractivity contribution < 1.29 is 9.32 Å². The Morgan fingerprint density at radius 1 is 1.32 bits per heavy atom. The quantitative estimate of drug-likeness (QED) is 0.743. The van der Waals surface area contributed by atoms with Crippen LogP contribution in [0.15, 0.2) is 22.7 Å². The van der Waals surface area contributed by atoms with Crippen LogP contribution in [0.25, 0.3) is 22.5 Å². The van der Waals surface area contributed by atoms with E-state index in [1.165, 1.54) is 10.9 Å². The van der Waals surface area contributed by atoms with Crippen molar-refractivity contribution in [1.82, 2.24) is 20.0 Å². The summed E-state index contributed by atoms with van der Waals surface area (Å²) in [5.74, 6) is 1.25. The zero-order valence-corrected chi connectivity index (χ0v) is 15.2. The van der Waals surface area contributed by atoms with Gasteiger partial charge in [-0.1, -0.05) is 23.7 Å². The first kappa shape index (κ1) is 17.2. The lowest BCUT2D eigenvalue weighted by Crippen LogP contribution is -2.28. The van der Waals surface area contributed by atoms with E-state index >= 15 is 0 Å². The van der Waals surface area contributed by atoms with Gasteiger partial charge in [-0.05, 0) is 38.0 Å². The molecule has 0 unspecified atom stereocenters. The number of H-pyrrole nitrogens is 1. The summed E-state index contributed by atoms with van der Waals surface area (Å²) in [6.07, 6.45) is 2.00. The van der Waals surface area contributed by atoms with Crippen LogP contribution >= 0.6 is 0 Å². The van der Waals surface area contributed by atoms with Crippen molar-refractivity contribution in [3.05, 3.63) is 35.2 Å². The molecular weight excluding hydrogens is 316 g/mol. The minimum Gasteiger partial charge on any atom is -0.350 e. The minimum absolute atomic E-state index is 0.146. The van der Waals surface area contributed by atoms with E-state index in [-0.39, 0.29) is 5.91 Å². The summed E-state index contributed by atoms with van der Waals surface area (Å²) >= 11 is 0. The number of carbonyl (C=O) groups is 1. The van der Waals surface area contributed by atoms with Crippen molar-refractivity contribution in [3.63, 3.8) is 0 Å². The number of aromatic nitrogens is 3. The zero-order valence-electron chi connectivity index (χ0n) is 15.2. The molecule has 0 saturated carbocycles. The second kappa shape index (κ2) is 7.09. The van der Waals surface area contributed by atoms with E-state index in [1.807, 2.05) is 14.0 Å². The van der Waals surface area contributed by atoms with Crippen molar-refractivity contribution in [2.24, 2.45) is 0 Å². The van der Waals surface area contributed by atoms with Gasteiger partial charge in [-0.15, -0.1) is 0 Å². The molecule has 0 bridgehead atoms. The number of fused-ring (bicyclic) bond motifs is 1. The van der Waals surface area contributed by atoms with Gasteiger partial charge >= 0.3 is 0 Å². The summed E-state index contributed by atoms with van der Waals surface area (Å²) in [4.78, 5) is 21.4. The Morgan fingerprint density at radius 3 is 2.88 bits per heavy atom. The van der Waals surface area contributed by atoms with E-state index in [0.29, 0.717) is 31.1 Å². The number of aryl methyl sites for hydroxylation is 2. The number of amides is 1. The van der Waals surface area contributed by atoms with Gasteiger partial charge in [-0.2, -0.15) is 4.98 Å². The van der Waals surface area contributed by atoms with E-state index in [1.54, 1.807) is 4.90 Å². The first-order valence-corrected chi connectivity index (χ1v) is 8.65. The third-order valence-electron chi connectivity index (χ3n) is 4.46. The number of rotatable bonds is 6. The van der Waals surface area contributed by atoms with Gasteiger partial charge < -0.3 is 14.4 Å². The van der Waals surface area contributed by atoms with Crippen LogP contribution in [0.3, 0.4) is 0 Å². The number of nitrogens with zero attached hydrogens (tertiary/aromatic N) is 3. The summed E-state index contributed by atoms with van der Waals surface area (Å²) in [7, 11) is 1.81. The van der Waals surface area contributed by atoms with E-state index in [9.17, 15) is 4.79 Å². The minimum atomic E-state index is 0.146. The van der Waals surface area contributed by atoms with Gasteiger partial charge in [0, 0.05) is 37.3 Å². The van der Waals surface area contributed by atoms with Gasteiger partial charge in [0.2, 0.25) is 5.91 Å². The highest BCUT2D eigenvalue weighted by Gasteiger charge is 2.16. The van der Waals surface area contributed by atoms with Crippen LogP contribution in [0, 0.1) is 13.8 Å². The molecule has 2 heterocycles. The first-order valence-electron chi connectivity index (χ1n) is 8.65. The Hall–Kier alpha value is -2.63. The molecule has 1 aromatic carbocycles. The van der Waals surface area contributed by atoms with Crippen LogP contribution in [0.5, 0.6) is 0 Å². The normalized spacial score (nSPS) is 11.2. The number of hydrogen-bond acceptors (Lipinski definition) is 4. The van der Waals surface area contributed by atoms with Crippen LogP contribution in [-0.2, 0) is 11.2 Å². The molecule has 1 amide bonds. The molecule has 3 rings (SSSR count). The van der Waals surface area contributed by atoms with Gasteiger partial charge in [-0.25, -0.2) is 0 Å². The number of aromatic amines is 1. The molecule has 0 aliphatic heterocycles. The fraction of sp³-hybridized carbons (Fsp3) is 0.421. The lowest BCUT2D eigenvalue weighted by Gasteiger charge is -2.15. The molecule has 0 atom stereocenters. The van der Waals surface area contributed by atoms with Crippen LogP contribution in [0.2, 0.25) is 0 Å². The summed E-state index contributed by atoms with van der Waals surface area (Å²) in [6, 6.07) is 6.29. The predicted octanol–water partition coefficient (Wildman–Crippen LogP) is 3.64. The van der Waals surface area contributed by atoms with Gasteiger partial charge in [0.05, 0.1) is 0 Å². The van der Waals surface area contributed by atoms with Gasteiger partial charge in [0.25, 0.3) is 5.89 Å². The van der Waals surface area contributed by atoms with Crippen LogP contribution in [-0.4, -0.2) is 39.5 Å². The maximum Gasteiger partial charge on any atom is 0.274 e. The molecule has 2 aromatic heterocycles. The van der Waals surface area contributed by atoms with Crippen molar-refractivity contribution in [2.45, 2.75) is 40.0 Å². The standard InChI is InChI=1S/C19H24N4O2/c1-5-6-17(24)23(4)10-9-16-21-19(25-22-16)18-13(3)14-11-12(2)7-8-15(14)20-18/h7-8,11,20H,5-6,9-10H2,1-4H3. The summed E-state index contributed by atoms with van der Waals surface area (Å²) in [6.45, 7) is 6.71. The van der Waals surface area contributed by atoms with Crippen molar-refractivity contribution >= 4 is 16.8 Å².